The number of thiazole rings is 1. The van der Waals surface area contributed by atoms with E-state index in [-0.39, 0.29) is 0 Å². The summed E-state index contributed by atoms with van der Waals surface area (Å²) < 4.78 is 39.6. The molecule has 6 nitrogen and oxygen atoms in total. The van der Waals surface area contributed by atoms with Gasteiger partial charge in [-0.2, -0.15) is 0 Å². The van der Waals surface area contributed by atoms with E-state index in [0.29, 0.717) is 37.7 Å². The summed E-state index contributed by atoms with van der Waals surface area (Å²) in [6, 6.07) is 7.20. The molecule has 152 valence electrons. The molecule has 4 rings (SSSR count). The first-order valence-electron chi connectivity index (χ1n) is 9.03. The topological polar surface area (TPSA) is 54.9 Å². The summed E-state index contributed by atoms with van der Waals surface area (Å²) >= 11 is 1.52. The molecule has 1 aliphatic heterocycles. The van der Waals surface area contributed by atoms with E-state index < -0.39 is 23.1 Å². The van der Waals surface area contributed by atoms with E-state index in [2.05, 4.69) is 9.88 Å². The van der Waals surface area contributed by atoms with Gasteiger partial charge in [-0.15, -0.1) is 0 Å². The van der Waals surface area contributed by atoms with E-state index in [0.717, 1.165) is 27.5 Å². The van der Waals surface area contributed by atoms with Crippen LogP contribution in [0.1, 0.15) is 10.4 Å². The number of hydrogen-bond acceptors (Lipinski definition) is 6. The third kappa shape index (κ3) is 3.46. The summed E-state index contributed by atoms with van der Waals surface area (Å²) in [5.74, 6) is -1.12. The predicted molar refractivity (Wildman–Crippen MR) is 107 cm³/mol. The van der Waals surface area contributed by atoms with Gasteiger partial charge in [-0.1, -0.05) is 17.4 Å². The summed E-state index contributed by atoms with van der Waals surface area (Å²) in [5, 5.41) is 0.802. The van der Waals surface area contributed by atoms with Gasteiger partial charge in [0.25, 0.3) is 5.91 Å². The SMILES string of the molecule is COc1ccc2sc(N3CCN(C(=O)c4c(F)cccc4F)CC3)nc2c1OC. The first-order valence-corrected chi connectivity index (χ1v) is 9.85. The maximum Gasteiger partial charge on any atom is 0.259 e. The van der Waals surface area contributed by atoms with Gasteiger partial charge in [0.15, 0.2) is 16.6 Å². The average Bonchev–Trinajstić information content (AvgIpc) is 3.17. The molecule has 2 aromatic carbocycles. The van der Waals surface area contributed by atoms with E-state index in [1.807, 2.05) is 12.1 Å². The Morgan fingerprint density at radius 1 is 1.03 bits per heavy atom. The van der Waals surface area contributed by atoms with E-state index in [1.165, 1.54) is 22.3 Å². The minimum absolute atomic E-state index is 0.350. The number of hydrogen-bond donors (Lipinski definition) is 0. The van der Waals surface area contributed by atoms with Gasteiger partial charge < -0.3 is 19.3 Å². The zero-order valence-electron chi connectivity index (χ0n) is 15.9. The molecular formula is C20H19F2N3O3S. The van der Waals surface area contributed by atoms with Crippen molar-refractivity contribution in [3.63, 3.8) is 0 Å². The van der Waals surface area contributed by atoms with Crippen molar-refractivity contribution in [3.8, 4) is 11.5 Å². The molecule has 3 aromatic rings. The summed E-state index contributed by atoms with van der Waals surface area (Å²) in [4.78, 5) is 20.8. The number of benzene rings is 2. The molecule has 2 heterocycles. The second kappa shape index (κ2) is 7.82. The molecule has 0 radical (unpaired) electrons. The lowest BCUT2D eigenvalue weighted by molar-refractivity contribution is 0.0737. The quantitative estimate of drug-likeness (QED) is 0.647. The first-order chi connectivity index (χ1) is 14.0. The van der Waals surface area contributed by atoms with Crippen LogP contribution in [0.4, 0.5) is 13.9 Å². The van der Waals surface area contributed by atoms with E-state index in [4.69, 9.17) is 9.47 Å². The predicted octanol–water partition coefficient (Wildman–Crippen LogP) is 3.55. The monoisotopic (exact) mass is 419 g/mol. The van der Waals surface area contributed by atoms with Crippen LogP contribution in [0.5, 0.6) is 11.5 Å². The molecule has 0 spiro atoms. The smallest absolute Gasteiger partial charge is 0.259 e. The number of fused-ring (bicyclic) bond motifs is 1. The number of carbonyl (C=O) groups is 1. The Labute approximate surface area is 170 Å². The second-order valence-electron chi connectivity index (χ2n) is 6.52. The molecule has 0 saturated carbocycles. The number of nitrogens with zero attached hydrogens (tertiary/aromatic N) is 3. The lowest BCUT2D eigenvalue weighted by Gasteiger charge is -2.34. The highest BCUT2D eigenvalue weighted by atomic mass is 32.1. The molecule has 0 unspecified atom stereocenters. The van der Waals surface area contributed by atoms with Crippen molar-refractivity contribution in [2.45, 2.75) is 0 Å². The number of amides is 1. The number of anilines is 1. The Bertz CT molecular complexity index is 1040. The molecular weight excluding hydrogens is 400 g/mol. The second-order valence-corrected chi connectivity index (χ2v) is 7.53. The molecule has 0 N–H and O–H groups in total. The van der Waals surface area contributed by atoms with Crippen LogP contribution in [0, 0.1) is 11.6 Å². The molecule has 1 saturated heterocycles. The van der Waals surface area contributed by atoms with Gasteiger partial charge in [-0.3, -0.25) is 4.79 Å². The van der Waals surface area contributed by atoms with Crippen molar-refractivity contribution < 1.29 is 23.0 Å². The summed E-state index contributed by atoms with van der Waals surface area (Å²) in [7, 11) is 3.15. The lowest BCUT2D eigenvalue weighted by Crippen LogP contribution is -2.49. The zero-order chi connectivity index (χ0) is 20.5. The van der Waals surface area contributed by atoms with Crippen LogP contribution >= 0.6 is 11.3 Å². The molecule has 0 atom stereocenters. The van der Waals surface area contributed by atoms with Crippen LogP contribution in [-0.4, -0.2) is 56.2 Å². The van der Waals surface area contributed by atoms with Crippen LogP contribution in [0.25, 0.3) is 10.2 Å². The first kappa shape index (κ1) is 19.4. The normalized spacial score (nSPS) is 14.3. The number of aromatic nitrogens is 1. The van der Waals surface area contributed by atoms with Gasteiger partial charge in [0.05, 0.1) is 18.9 Å². The highest BCUT2D eigenvalue weighted by Crippen LogP contribution is 2.40. The van der Waals surface area contributed by atoms with Crippen molar-refractivity contribution in [2.75, 3.05) is 45.3 Å². The molecule has 29 heavy (non-hydrogen) atoms. The maximum atomic E-state index is 13.9. The summed E-state index contributed by atoms with van der Waals surface area (Å²) in [6.45, 7) is 1.73. The van der Waals surface area contributed by atoms with Gasteiger partial charge in [0.2, 0.25) is 0 Å². The summed E-state index contributed by atoms with van der Waals surface area (Å²) in [5.41, 5.74) is 0.219. The number of methoxy groups -OCH3 is 2. The Balaban J connectivity index is 1.52. The third-order valence-electron chi connectivity index (χ3n) is 4.91. The van der Waals surface area contributed by atoms with Crippen LogP contribution < -0.4 is 14.4 Å². The molecule has 1 aliphatic rings. The minimum Gasteiger partial charge on any atom is -0.493 e. The van der Waals surface area contributed by atoms with Gasteiger partial charge >= 0.3 is 0 Å². The minimum atomic E-state index is -0.843. The highest BCUT2D eigenvalue weighted by Gasteiger charge is 2.28. The fraction of sp³-hybridized carbons (Fsp3) is 0.300. The van der Waals surface area contributed by atoms with Crippen LogP contribution in [-0.2, 0) is 0 Å². The van der Waals surface area contributed by atoms with Crippen molar-refractivity contribution in [1.29, 1.82) is 0 Å². The van der Waals surface area contributed by atoms with Gasteiger partial charge in [-0.05, 0) is 24.3 Å². The molecule has 1 amide bonds. The Morgan fingerprint density at radius 3 is 2.34 bits per heavy atom. The number of halogens is 2. The molecule has 9 heteroatoms. The van der Waals surface area contributed by atoms with Crippen molar-refractivity contribution >= 4 is 32.6 Å². The van der Waals surface area contributed by atoms with Crippen LogP contribution in [0.3, 0.4) is 0 Å². The van der Waals surface area contributed by atoms with Gasteiger partial charge in [0, 0.05) is 26.2 Å². The van der Waals surface area contributed by atoms with E-state index >= 15 is 0 Å². The molecule has 1 aromatic heterocycles. The number of carbonyl (C=O) groups excluding carboxylic acids is 1. The van der Waals surface area contributed by atoms with Gasteiger partial charge in [-0.25, -0.2) is 13.8 Å². The highest BCUT2D eigenvalue weighted by molar-refractivity contribution is 7.22. The van der Waals surface area contributed by atoms with Crippen LogP contribution in [0.2, 0.25) is 0 Å². The Hall–Kier alpha value is -2.94. The number of rotatable bonds is 4. The largest absolute Gasteiger partial charge is 0.493 e. The van der Waals surface area contributed by atoms with Crippen molar-refractivity contribution in [2.24, 2.45) is 0 Å². The number of ether oxygens (including phenoxy) is 2. The standard InChI is InChI=1S/C20H19F2N3O3S/c1-27-14-6-7-15-17(18(14)28-2)23-20(29-15)25-10-8-24(9-11-25)19(26)16-12(21)4-3-5-13(16)22/h3-7H,8-11H2,1-2H3. The van der Waals surface area contributed by atoms with E-state index in [1.54, 1.807) is 14.2 Å². The fourth-order valence-electron chi connectivity index (χ4n) is 3.39. The van der Waals surface area contributed by atoms with Crippen molar-refractivity contribution in [1.82, 2.24) is 9.88 Å². The average molecular weight is 419 g/mol. The lowest BCUT2D eigenvalue weighted by atomic mass is 10.1. The Kier molecular flexibility index (Phi) is 5.23. The molecule has 1 fully saturated rings. The zero-order valence-corrected chi connectivity index (χ0v) is 16.8. The van der Waals surface area contributed by atoms with E-state index in [9.17, 15) is 13.6 Å². The third-order valence-corrected chi connectivity index (χ3v) is 5.99. The summed E-state index contributed by atoms with van der Waals surface area (Å²) in [6.07, 6.45) is 0. The maximum absolute atomic E-state index is 13.9. The van der Waals surface area contributed by atoms with Gasteiger partial charge in [0.1, 0.15) is 22.7 Å². The van der Waals surface area contributed by atoms with Crippen LogP contribution in [0.15, 0.2) is 30.3 Å². The fourth-order valence-corrected chi connectivity index (χ4v) is 4.41. The molecule has 0 bridgehead atoms. The van der Waals surface area contributed by atoms with Crippen molar-refractivity contribution in [3.05, 3.63) is 47.5 Å². The molecule has 0 aliphatic carbocycles. The number of piperazine rings is 1. The Morgan fingerprint density at radius 2 is 1.72 bits per heavy atom.